The number of likely N-dealkylation sites (tertiary alicyclic amines) is 2. The van der Waals surface area contributed by atoms with Gasteiger partial charge in [-0.15, -0.1) is 12.4 Å². The van der Waals surface area contributed by atoms with Gasteiger partial charge in [-0.25, -0.2) is 4.39 Å². The van der Waals surface area contributed by atoms with Crippen LogP contribution in [0.25, 0.3) is 0 Å². The van der Waals surface area contributed by atoms with Gasteiger partial charge in [0.05, 0.1) is 11.6 Å². The monoisotopic (exact) mass is 423 g/mol. The topological polar surface area (TPSA) is 56.6 Å². The van der Waals surface area contributed by atoms with Crippen molar-refractivity contribution < 1.29 is 13.9 Å². The smallest absolute Gasteiger partial charge is 0.248 e. The van der Waals surface area contributed by atoms with E-state index in [1.165, 1.54) is 18.9 Å². The van der Waals surface area contributed by atoms with Crippen LogP contribution in [0.2, 0.25) is 0 Å². The van der Waals surface area contributed by atoms with E-state index in [1.54, 1.807) is 19.2 Å². The summed E-state index contributed by atoms with van der Waals surface area (Å²) in [6, 6.07) is 6.99. The maximum atomic E-state index is 14.2. The summed E-state index contributed by atoms with van der Waals surface area (Å²) in [7, 11) is 1.57. The van der Waals surface area contributed by atoms with Crippen molar-refractivity contribution >= 4 is 18.3 Å². The molecule has 0 aromatic heterocycles. The van der Waals surface area contributed by atoms with Gasteiger partial charge in [-0.1, -0.05) is 18.9 Å². The van der Waals surface area contributed by atoms with Gasteiger partial charge in [0.2, 0.25) is 5.91 Å². The van der Waals surface area contributed by atoms with Crippen molar-refractivity contribution in [3.05, 3.63) is 35.1 Å². The van der Waals surface area contributed by atoms with Gasteiger partial charge < -0.3 is 9.64 Å². The Labute approximate surface area is 179 Å². The van der Waals surface area contributed by atoms with Crippen molar-refractivity contribution in [3.8, 4) is 6.07 Å². The van der Waals surface area contributed by atoms with E-state index in [1.807, 2.05) is 6.07 Å². The van der Waals surface area contributed by atoms with E-state index in [0.29, 0.717) is 29.6 Å². The van der Waals surface area contributed by atoms with E-state index in [0.717, 1.165) is 45.3 Å². The molecule has 1 atom stereocenters. The molecule has 1 unspecified atom stereocenters. The van der Waals surface area contributed by atoms with E-state index in [4.69, 9.17) is 10.00 Å². The molecule has 2 aliphatic heterocycles. The van der Waals surface area contributed by atoms with Gasteiger partial charge in [-0.05, 0) is 56.8 Å². The Morgan fingerprint density at radius 2 is 1.97 bits per heavy atom. The van der Waals surface area contributed by atoms with Crippen molar-refractivity contribution in [2.45, 2.75) is 51.1 Å². The summed E-state index contributed by atoms with van der Waals surface area (Å²) in [5.74, 6) is 0.304. The SMILES string of the molecule is COCC(=O)N1CCCCCC1C1CCN(Cc2ccc(C#N)cc2F)CC1.Cl. The van der Waals surface area contributed by atoms with Gasteiger partial charge in [-0.3, -0.25) is 9.69 Å². The molecule has 0 radical (unpaired) electrons. The highest BCUT2D eigenvalue weighted by molar-refractivity contribution is 5.85. The lowest BCUT2D eigenvalue weighted by molar-refractivity contribution is -0.139. The van der Waals surface area contributed by atoms with Crippen molar-refractivity contribution in [2.75, 3.05) is 33.4 Å². The number of piperidine rings is 1. The summed E-state index contributed by atoms with van der Waals surface area (Å²) in [4.78, 5) is 16.9. The van der Waals surface area contributed by atoms with Crippen LogP contribution in [0.4, 0.5) is 4.39 Å². The minimum absolute atomic E-state index is 0. The molecule has 0 aliphatic carbocycles. The Bertz CT molecular complexity index is 716. The zero-order valence-electron chi connectivity index (χ0n) is 17.1. The highest BCUT2D eigenvalue weighted by Gasteiger charge is 2.33. The number of rotatable bonds is 5. The lowest BCUT2D eigenvalue weighted by Crippen LogP contribution is -2.48. The second-order valence-electron chi connectivity index (χ2n) is 7.97. The van der Waals surface area contributed by atoms with Crippen LogP contribution in [0.5, 0.6) is 0 Å². The fraction of sp³-hybridized carbons (Fsp3) is 0.636. The number of halogens is 2. The minimum Gasteiger partial charge on any atom is -0.375 e. The third kappa shape index (κ3) is 6.15. The fourth-order valence-corrected chi connectivity index (χ4v) is 4.62. The van der Waals surface area contributed by atoms with Crippen LogP contribution in [0.1, 0.15) is 49.7 Å². The first-order valence-electron chi connectivity index (χ1n) is 10.3. The van der Waals surface area contributed by atoms with Gasteiger partial charge >= 0.3 is 0 Å². The van der Waals surface area contributed by atoms with Crippen LogP contribution in [0, 0.1) is 23.1 Å². The number of methoxy groups -OCH3 is 1. The molecule has 1 aromatic rings. The summed E-state index contributed by atoms with van der Waals surface area (Å²) < 4.78 is 19.3. The Balaban J connectivity index is 0.00000300. The average Bonchev–Trinajstić information content (AvgIpc) is 2.96. The number of carbonyl (C=O) groups excluding carboxylic acids is 1. The molecular weight excluding hydrogens is 393 g/mol. The third-order valence-corrected chi connectivity index (χ3v) is 6.14. The molecule has 5 nitrogen and oxygen atoms in total. The minimum atomic E-state index is -0.304. The van der Waals surface area contributed by atoms with Gasteiger partial charge in [-0.2, -0.15) is 5.26 Å². The van der Waals surface area contributed by atoms with E-state index in [2.05, 4.69) is 9.80 Å². The largest absolute Gasteiger partial charge is 0.375 e. The Morgan fingerprint density at radius 1 is 1.21 bits per heavy atom. The molecule has 0 spiro atoms. The summed E-state index contributed by atoms with van der Waals surface area (Å²) >= 11 is 0. The Morgan fingerprint density at radius 3 is 2.62 bits per heavy atom. The molecule has 0 bridgehead atoms. The number of nitrogens with zero attached hydrogens (tertiary/aromatic N) is 3. The van der Waals surface area contributed by atoms with Crippen molar-refractivity contribution in [1.82, 2.24) is 9.80 Å². The zero-order chi connectivity index (χ0) is 19.9. The number of ether oxygens (including phenoxy) is 1. The molecule has 160 valence electrons. The fourth-order valence-electron chi connectivity index (χ4n) is 4.62. The molecular formula is C22H31ClFN3O2. The van der Waals surface area contributed by atoms with Gasteiger partial charge in [0.1, 0.15) is 12.4 Å². The van der Waals surface area contributed by atoms with E-state index in [9.17, 15) is 9.18 Å². The van der Waals surface area contributed by atoms with Gasteiger partial charge in [0, 0.05) is 31.8 Å². The van der Waals surface area contributed by atoms with Crippen molar-refractivity contribution in [1.29, 1.82) is 5.26 Å². The highest BCUT2D eigenvalue weighted by Crippen LogP contribution is 2.31. The first kappa shape index (κ1) is 23.6. The van der Waals surface area contributed by atoms with Crippen LogP contribution in [-0.4, -0.2) is 55.1 Å². The summed E-state index contributed by atoms with van der Waals surface area (Å²) in [6.07, 6.45) is 6.56. The lowest BCUT2D eigenvalue weighted by atomic mass is 9.86. The molecule has 29 heavy (non-hydrogen) atoms. The molecule has 0 N–H and O–H groups in total. The third-order valence-electron chi connectivity index (χ3n) is 6.14. The molecule has 7 heteroatoms. The Kier molecular flexibility index (Phi) is 9.35. The number of hydrogen-bond acceptors (Lipinski definition) is 4. The first-order chi connectivity index (χ1) is 13.6. The maximum absolute atomic E-state index is 14.2. The number of carbonyl (C=O) groups is 1. The number of hydrogen-bond donors (Lipinski definition) is 0. The first-order valence-corrected chi connectivity index (χ1v) is 10.3. The van der Waals surface area contributed by atoms with E-state index >= 15 is 0 Å². The maximum Gasteiger partial charge on any atom is 0.248 e. The second-order valence-corrected chi connectivity index (χ2v) is 7.97. The predicted octanol–water partition coefficient (Wildman–Crippen LogP) is 3.75. The average molecular weight is 424 g/mol. The van der Waals surface area contributed by atoms with Crippen molar-refractivity contribution in [3.63, 3.8) is 0 Å². The van der Waals surface area contributed by atoms with Gasteiger partial charge in [0.25, 0.3) is 0 Å². The highest BCUT2D eigenvalue weighted by atomic mass is 35.5. The normalized spacial score (nSPS) is 21.1. The molecule has 3 rings (SSSR count). The van der Waals surface area contributed by atoms with Crippen LogP contribution < -0.4 is 0 Å². The number of nitriles is 1. The lowest BCUT2D eigenvalue weighted by Gasteiger charge is -2.40. The molecule has 0 saturated carbocycles. The summed E-state index contributed by atoms with van der Waals surface area (Å²) in [6.45, 7) is 3.39. The molecule has 2 saturated heterocycles. The summed E-state index contributed by atoms with van der Waals surface area (Å²) in [5, 5.41) is 8.88. The predicted molar refractivity (Wildman–Crippen MR) is 112 cm³/mol. The standard InChI is InChI=1S/C22H30FN3O2.ClH/c1-28-16-22(27)26-10-4-2-3-5-21(26)18-8-11-25(12-9-18)15-19-7-6-17(14-24)13-20(19)23;/h6-7,13,18,21H,2-5,8-12,15-16H2,1H3;1H. The number of benzene rings is 1. The van der Waals surface area contributed by atoms with E-state index < -0.39 is 0 Å². The zero-order valence-corrected chi connectivity index (χ0v) is 17.9. The van der Waals surface area contributed by atoms with Crippen LogP contribution in [-0.2, 0) is 16.1 Å². The molecule has 2 aliphatic rings. The second kappa shape index (κ2) is 11.5. The van der Waals surface area contributed by atoms with Crippen molar-refractivity contribution in [2.24, 2.45) is 5.92 Å². The molecule has 2 fully saturated rings. The number of amides is 1. The van der Waals surface area contributed by atoms with Gasteiger partial charge in [0.15, 0.2) is 0 Å². The van der Waals surface area contributed by atoms with Crippen LogP contribution >= 0.6 is 12.4 Å². The molecule has 1 aromatic carbocycles. The van der Waals surface area contributed by atoms with Crippen LogP contribution in [0.3, 0.4) is 0 Å². The Hall–Kier alpha value is -1.68. The summed E-state index contributed by atoms with van der Waals surface area (Å²) in [5.41, 5.74) is 0.998. The molecule has 1 amide bonds. The quantitative estimate of drug-likeness (QED) is 0.723. The van der Waals surface area contributed by atoms with E-state index in [-0.39, 0.29) is 30.7 Å². The van der Waals surface area contributed by atoms with Crippen LogP contribution in [0.15, 0.2) is 18.2 Å². The molecule has 2 heterocycles.